The Morgan fingerprint density at radius 3 is 2.46 bits per heavy atom. The zero-order valence-electron chi connectivity index (χ0n) is 15.1. The number of carbonyl (C=O) groups excluding carboxylic acids is 1. The van der Waals surface area contributed by atoms with E-state index in [1.807, 2.05) is 54.6 Å². The highest BCUT2D eigenvalue weighted by molar-refractivity contribution is 5.92. The number of carbonyl (C=O) groups is 1. The van der Waals surface area contributed by atoms with Crippen LogP contribution in [0, 0.1) is 0 Å². The first-order chi connectivity index (χ1) is 13.6. The van der Waals surface area contributed by atoms with Crippen molar-refractivity contribution < 1.29 is 13.9 Å². The van der Waals surface area contributed by atoms with E-state index in [1.165, 1.54) is 13.0 Å². The highest BCUT2D eigenvalue weighted by Crippen LogP contribution is 2.28. The van der Waals surface area contributed by atoms with Gasteiger partial charge in [-0.05, 0) is 42.5 Å². The predicted octanol–water partition coefficient (Wildman–Crippen LogP) is 5.21. The smallest absolute Gasteiger partial charge is 0.221 e. The summed E-state index contributed by atoms with van der Waals surface area (Å²) in [5.41, 5.74) is 1.56. The van der Waals surface area contributed by atoms with Crippen LogP contribution in [0.1, 0.15) is 6.92 Å². The lowest BCUT2D eigenvalue weighted by Gasteiger charge is -2.08. The van der Waals surface area contributed by atoms with Crippen LogP contribution >= 0.6 is 0 Å². The third-order valence-corrected chi connectivity index (χ3v) is 4.14. The molecule has 5 nitrogen and oxygen atoms in total. The monoisotopic (exact) mass is 371 g/mol. The fraction of sp³-hybridized carbons (Fsp3) is 0.0435. The standard InChI is InChI=1S/C23H17NO4/c1-15(25)24-17-10-11-22-20(13-17)21(26)14-23(28-22)16-6-5-9-19(12-16)27-18-7-3-2-4-8-18/h2-14H,1H3,(H,24,25). The van der Waals surface area contributed by atoms with Gasteiger partial charge in [0.05, 0.1) is 5.39 Å². The molecule has 28 heavy (non-hydrogen) atoms. The first kappa shape index (κ1) is 17.5. The molecular formula is C23H17NO4. The van der Waals surface area contributed by atoms with E-state index >= 15 is 0 Å². The largest absolute Gasteiger partial charge is 0.457 e. The first-order valence-electron chi connectivity index (χ1n) is 8.77. The van der Waals surface area contributed by atoms with Crippen LogP contribution in [-0.4, -0.2) is 5.91 Å². The minimum absolute atomic E-state index is 0.183. The number of hydrogen-bond donors (Lipinski definition) is 1. The lowest BCUT2D eigenvalue weighted by molar-refractivity contribution is -0.114. The molecule has 0 aliphatic carbocycles. The molecule has 0 saturated heterocycles. The minimum Gasteiger partial charge on any atom is -0.457 e. The molecule has 3 aromatic carbocycles. The molecule has 4 aromatic rings. The topological polar surface area (TPSA) is 68.5 Å². The predicted molar refractivity (Wildman–Crippen MR) is 109 cm³/mol. The first-order valence-corrected chi connectivity index (χ1v) is 8.77. The van der Waals surface area contributed by atoms with Gasteiger partial charge in [-0.25, -0.2) is 0 Å². The second-order valence-corrected chi connectivity index (χ2v) is 6.31. The fourth-order valence-electron chi connectivity index (χ4n) is 2.92. The zero-order chi connectivity index (χ0) is 19.5. The summed E-state index contributed by atoms with van der Waals surface area (Å²) in [5, 5.41) is 3.07. The number of benzene rings is 3. The molecule has 0 spiro atoms. The Hall–Kier alpha value is -3.86. The molecule has 1 heterocycles. The molecule has 1 N–H and O–H groups in total. The molecule has 0 aliphatic rings. The Morgan fingerprint density at radius 1 is 0.893 bits per heavy atom. The number of fused-ring (bicyclic) bond motifs is 1. The number of ether oxygens (including phenoxy) is 1. The maximum atomic E-state index is 12.6. The van der Waals surface area contributed by atoms with E-state index < -0.39 is 0 Å². The van der Waals surface area contributed by atoms with Gasteiger partial charge in [0.15, 0.2) is 5.43 Å². The number of rotatable bonds is 4. The van der Waals surface area contributed by atoms with Crippen molar-refractivity contribution in [3.05, 3.63) is 89.1 Å². The number of anilines is 1. The summed E-state index contributed by atoms with van der Waals surface area (Å²) in [5.74, 6) is 1.62. The van der Waals surface area contributed by atoms with Crippen molar-refractivity contribution in [1.29, 1.82) is 0 Å². The van der Waals surface area contributed by atoms with Gasteiger partial charge in [-0.3, -0.25) is 9.59 Å². The summed E-state index contributed by atoms with van der Waals surface area (Å²) in [6.45, 7) is 1.42. The van der Waals surface area contributed by atoms with Crippen LogP contribution < -0.4 is 15.5 Å². The Labute approximate surface area is 161 Å². The molecule has 0 fully saturated rings. The van der Waals surface area contributed by atoms with Crippen LogP contribution in [-0.2, 0) is 4.79 Å². The van der Waals surface area contributed by atoms with Crippen molar-refractivity contribution in [3.8, 4) is 22.8 Å². The van der Waals surface area contributed by atoms with Gasteiger partial charge >= 0.3 is 0 Å². The van der Waals surface area contributed by atoms with E-state index in [9.17, 15) is 9.59 Å². The van der Waals surface area contributed by atoms with Crippen molar-refractivity contribution in [2.75, 3.05) is 5.32 Å². The van der Waals surface area contributed by atoms with Gasteiger partial charge in [0, 0.05) is 24.2 Å². The summed E-state index contributed by atoms with van der Waals surface area (Å²) in [7, 11) is 0. The van der Waals surface area contributed by atoms with Crippen molar-refractivity contribution in [2.24, 2.45) is 0 Å². The second kappa shape index (κ2) is 7.40. The highest BCUT2D eigenvalue weighted by atomic mass is 16.5. The number of amides is 1. The van der Waals surface area contributed by atoms with Crippen LogP contribution in [0.5, 0.6) is 11.5 Å². The Bertz CT molecular complexity index is 1210. The SMILES string of the molecule is CC(=O)Nc1ccc2oc(-c3cccc(Oc4ccccc4)c3)cc(=O)c2c1. The molecule has 0 atom stereocenters. The van der Waals surface area contributed by atoms with Crippen molar-refractivity contribution in [3.63, 3.8) is 0 Å². The quantitative estimate of drug-likeness (QED) is 0.535. The van der Waals surface area contributed by atoms with Gasteiger partial charge in [0.2, 0.25) is 5.91 Å². The lowest BCUT2D eigenvalue weighted by Crippen LogP contribution is -2.07. The molecule has 4 rings (SSSR count). The van der Waals surface area contributed by atoms with Crippen molar-refractivity contribution in [2.45, 2.75) is 6.92 Å². The Morgan fingerprint density at radius 2 is 1.68 bits per heavy atom. The van der Waals surface area contributed by atoms with Gasteiger partial charge in [-0.1, -0.05) is 30.3 Å². The molecular weight excluding hydrogens is 354 g/mol. The van der Waals surface area contributed by atoms with E-state index in [0.717, 1.165) is 11.3 Å². The zero-order valence-corrected chi connectivity index (χ0v) is 15.1. The van der Waals surface area contributed by atoms with Crippen LogP contribution in [0.25, 0.3) is 22.3 Å². The van der Waals surface area contributed by atoms with E-state index in [-0.39, 0.29) is 11.3 Å². The van der Waals surface area contributed by atoms with Crippen LogP contribution in [0.2, 0.25) is 0 Å². The summed E-state index contributed by atoms with van der Waals surface area (Å²) in [6.07, 6.45) is 0. The van der Waals surface area contributed by atoms with Crippen molar-refractivity contribution in [1.82, 2.24) is 0 Å². The summed E-state index contributed by atoms with van der Waals surface area (Å²) in [6, 6.07) is 23.3. The third kappa shape index (κ3) is 3.78. The normalized spacial score (nSPS) is 10.6. The third-order valence-electron chi connectivity index (χ3n) is 4.14. The molecule has 0 saturated carbocycles. The van der Waals surface area contributed by atoms with E-state index in [0.29, 0.717) is 28.2 Å². The van der Waals surface area contributed by atoms with Gasteiger partial charge in [0.25, 0.3) is 0 Å². The summed E-state index contributed by atoms with van der Waals surface area (Å²) < 4.78 is 11.8. The van der Waals surface area contributed by atoms with Crippen molar-refractivity contribution >= 4 is 22.6 Å². The highest BCUT2D eigenvalue weighted by Gasteiger charge is 2.09. The Balaban J connectivity index is 1.70. The summed E-state index contributed by atoms with van der Waals surface area (Å²) in [4.78, 5) is 23.8. The summed E-state index contributed by atoms with van der Waals surface area (Å²) >= 11 is 0. The van der Waals surface area contributed by atoms with Crippen LogP contribution in [0.15, 0.2) is 88.1 Å². The molecule has 0 aliphatic heterocycles. The molecule has 138 valence electrons. The average molecular weight is 371 g/mol. The van der Waals surface area contributed by atoms with Gasteiger partial charge in [-0.2, -0.15) is 0 Å². The molecule has 0 radical (unpaired) electrons. The number of hydrogen-bond acceptors (Lipinski definition) is 4. The van der Waals surface area contributed by atoms with Gasteiger partial charge < -0.3 is 14.5 Å². The maximum absolute atomic E-state index is 12.6. The Kier molecular flexibility index (Phi) is 4.64. The van der Waals surface area contributed by atoms with Gasteiger partial charge in [0.1, 0.15) is 22.8 Å². The van der Waals surface area contributed by atoms with E-state index in [1.54, 1.807) is 18.2 Å². The van der Waals surface area contributed by atoms with E-state index in [2.05, 4.69) is 5.32 Å². The average Bonchev–Trinajstić information content (AvgIpc) is 2.69. The van der Waals surface area contributed by atoms with E-state index in [4.69, 9.17) is 9.15 Å². The fourth-order valence-corrected chi connectivity index (χ4v) is 2.92. The van der Waals surface area contributed by atoms with Crippen LogP contribution in [0.4, 0.5) is 5.69 Å². The van der Waals surface area contributed by atoms with Gasteiger partial charge in [-0.15, -0.1) is 0 Å². The number of para-hydroxylation sites is 1. The minimum atomic E-state index is -0.199. The number of nitrogens with one attached hydrogen (secondary N) is 1. The molecule has 5 heteroatoms. The lowest BCUT2D eigenvalue weighted by atomic mass is 10.1. The molecule has 0 bridgehead atoms. The molecule has 1 aromatic heterocycles. The van der Waals surface area contributed by atoms with Crippen LogP contribution in [0.3, 0.4) is 0 Å². The second-order valence-electron chi connectivity index (χ2n) is 6.31. The molecule has 0 unspecified atom stereocenters. The maximum Gasteiger partial charge on any atom is 0.221 e. The molecule has 1 amide bonds.